The van der Waals surface area contributed by atoms with E-state index < -0.39 is 0 Å². The maximum atomic E-state index is 5.37. The molecular weight excluding hydrogens is 428 g/mol. The van der Waals surface area contributed by atoms with Crippen molar-refractivity contribution in [1.29, 1.82) is 0 Å². The number of nitrogens with zero attached hydrogens (tertiary/aromatic N) is 4. The highest BCUT2D eigenvalue weighted by molar-refractivity contribution is 5.82. The first-order chi connectivity index (χ1) is 16.6. The van der Waals surface area contributed by atoms with Crippen molar-refractivity contribution in [3.05, 3.63) is 60.4 Å². The largest absolute Gasteiger partial charge is 0.497 e. The standard InChI is InChI=1S/C26H28N6O2/c1-17-22(5-7-26(29-17)32-10-8-27-9-11-32)25-16-28-23-6-4-18(14-24(23)31-25)30-19-12-20(33-2)15-21(13-19)34-3/h4-7,12-16,27,30H,8-11H2,1-3H3. The number of methoxy groups -OCH3 is 2. The van der Waals surface area contributed by atoms with E-state index in [1.165, 1.54) is 0 Å². The van der Waals surface area contributed by atoms with Crippen LogP contribution in [0.5, 0.6) is 11.5 Å². The van der Waals surface area contributed by atoms with E-state index in [-0.39, 0.29) is 0 Å². The number of fused-ring (bicyclic) bond motifs is 1. The maximum Gasteiger partial charge on any atom is 0.128 e. The molecule has 0 radical (unpaired) electrons. The van der Waals surface area contributed by atoms with Crippen LogP contribution >= 0.6 is 0 Å². The molecule has 34 heavy (non-hydrogen) atoms. The van der Waals surface area contributed by atoms with E-state index in [4.69, 9.17) is 19.4 Å². The molecule has 4 aromatic rings. The van der Waals surface area contributed by atoms with Crippen LogP contribution in [-0.2, 0) is 0 Å². The zero-order chi connectivity index (χ0) is 23.5. The second kappa shape index (κ2) is 9.52. The number of aryl methyl sites for hydroxylation is 1. The molecule has 1 fully saturated rings. The molecule has 5 rings (SSSR count). The Balaban J connectivity index is 1.43. The number of ether oxygens (including phenoxy) is 2. The third-order valence-corrected chi connectivity index (χ3v) is 5.97. The van der Waals surface area contributed by atoms with Gasteiger partial charge in [-0.1, -0.05) is 0 Å². The van der Waals surface area contributed by atoms with Gasteiger partial charge in [0.05, 0.1) is 37.1 Å². The van der Waals surface area contributed by atoms with Gasteiger partial charge in [0.1, 0.15) is 17.3 Å². The zero-order valence-corrected chi connectivity index (χ0v) is 19.6. The fourth-order valence-corrected chi connectivity index (χ4v) is 4.15. The van der Waals surface area contributed by atoms with Gasteiger partial charge in [-0.2, -0.15) is 0 Å². The molecule has 174 valence electrons. The summed E-state index contributed by atoms with van der Waals surface area (Å²) >= 11 is 0. The number of benzene rings is 2. The van der Waals surface area contributed by atoms with E-state index in [0.717, 1.165) is 82.9 Å². The highest BCUT2D eigenvalue weighted by Gasteiger charge is 2.14. The molecule has 0 spiro atoms. The molecule has 2 N–H and O–H groups in total. The normalized spacial score (nSPS) is 13.7. The number of hydrogen-bond acceptors (Lipinski definition) is 8. The van der Waals surface area contributed by atoms with Crippen LogP contribution in [-0.4, -0.2) is 55.4 Å². The molecular formula is C26H28N6O2. The molecule has 2 aromatic heterocycles. The first-order valence-electron chi connectivity index (χ1n) is 11.3. The minimum atomic E-state index is 0.719. The minimum absolute atomic E-state index is 0.719. The average Bonchev–Trinajstić information content (AvgIpc) is 2.88. The van der Waals surface area contributed by atoms with Gasteiger partial charge in [0.2, 0.25) is 0 Å². The smallest absolute Gasteiger partial charge is 0.128 e. The van der Waals surface area contributed by atoms with Crippen LogP contribution < -0.4 is 25.0 Å². The Morgan fingerprint density at radius 3 is 2.32 bits per heavy atom. The lowest BCUT2D eigenvalue weighted by molar-refractivity contribution is 0.395. The first kappa shape index (κ1) is 21.9. The second-order valence-electron chi connectivity index (χ2n) is 8.22. The Kier molecular flexibility index (Phi) is 6.14. The van der Waals surface area contributed by atoms with Gasteiger partial charge in [-0.15, -0.1) is 0 Å². The van der Waals surface area contributed by atoms with Crippen LogP contribution in [0.15, 0.2) is 54.7 Å². The summed E-state index contributed by atoms with van der Waals surface area (Å²) in [7, 11) is 3.28. The van der Waals surface area contributed by atoms with E-state index in [2.05, 4.69) is 32.7 Å². The van der Waals surface area contributed by atoms with Gasteiger partial charge < -0.3 is 25.0 Å². The van der Waals surface area contributed by atoms with Crippen molar-refractivity contribution < 1.29 is 9.47 Å². The van der Waals surface area contributed by atoms with Crippen molar-refractivity contribution in [2.75, 3.05) is 50.6 Å². The van der Waals surface area contributed by atoms with Crippen molar-refractivity contribution in [1.82, 2.24) is 20.3 Å². The molecule has 0 unspecified atom stereocenters. The lowest BCUT2D eigenvalue weighted by atomic mass is 10.1. The highest BCUT2D eigenvalue weighted by Crippen LogP contribution is 2.30. The SMILES string of the molecule is COc1cc(Nc2ccc3ncc(-c4ccc(N5CCNCC5)nc4C)nc3c2)cc(OC)c1. The first-order valence-corrected chi connectivity index (χ1v) is 11.3. The monoisotopic (exact) mass is 456 g/mol. The molecule has 0 aliphatic carbocycles. The van der Waals surface area contributed by atoms with Crippen LogP contribution in [0.1, 0.15) is 5.69 Å². The van der Waals surface area contributed by atoms with E-state index in [0.29, 0.717) is 0 Å². The molecule has 0 atom stereocenters. The number of hydrogen-bond donors (Lipinski definition) is 2. The summed E-state index contributed by atoms with van der Waals surface area (Å²) in [6, 6.07) is 15.8. The third-order valence-electron chi connectivity index (χ3n) is 5.97. The molecule has 8 nitrogen and oxygen atoms in total. The van der Waals surface area contributed by atoms with Gasteiger partial charge in [-0.25, -0.2) is 9.97 Å². The Morgan fingerprint density at radius 1 is 0.853 bits per heavy atom. The number of nitrogens with one attached hydrogen (secondary N) is 2. The van der Waals surface area contributed by atoms with Gasteiger partial charge in [0.25, 0.3) is 0 Å². The summed E-state index contributed by atoms with van der Waals surface area (Å²) in [6.07, 6.45) is 1.82. The summed E-state index contributed by atoms with van der Waals surface area (Å²) in [5, 5.41) is 6.79. The van der Waals surface area contributed by atoms with Crippen LogP contribution in [0.4, 0.5) is 17.2 Å². The fraction of sp³-hybridized carbons (Fsp3) is 0.269. The molecule has 0 saturated carbocycles. The van der Waals surface area contributed by atoms with E-state index >= 15 is 0 Å². The molecule has 0 bridgehead atoms. The van der Waals surface area contributed by atoms with Crippen molar-refractivity contribution in [2.45, 2.75) is 6.92 Å². The minimum Gasteiger partial charge on any atom is -0.497 e. The number of aromatic nitrogens is 3. The van der Waals surface area contributed by atoms with Crippen molar-refractivity contribution in [3.63, 3.8) is 0 Å². The van der Waals surface area contributed by atoms with Crippen LogP contribution in [0.2, 0.25) is 0 Å². The van der Waals surface area contributed by atoms with Gasteiger partial charge in [0, 0.05) is 67.0 Å². The van der Waals surface area contributed by atoms with E-state index in [1.807, 2.05) is 49.5 Å². The highest BCUT2D eigenvalue weighted by atomic mass is 16.5. The Morgan fingerprint density at radius 2 is 1.62 bits per heavy atom. The van der Waals surface area contributed by atoms with Crippen LogP contribution in [0.3, 0.4) is 0 Å². The summed E-state index contributed by atoms with van der Waals surface area (Å²) in [4.78, 5) is 16.7. The average molecular weight is 457 g/mol. The maximum absolute atomic E-state index is 5.37. The number of rotatable bonds is 6. The summed E-state index contributed by atoms with van der Waals surface area (Å²) < 4.78 is 10.7. The van der Waals surface area contributed by atoms with Gasteiger partial charge in [-0.3, -0.25) is 4.98 Å². The predicted molar refractivity (Wildman–Crippen MR) is 135 cm³/mol. The summed E-state index contributed by atoms with van der Waals surface area (Å²) in [6.45, 7) is 5.93. The Labute approximate surface area is 199 Å². The summed E-state index contributed by atoms with van der Waals surface area (Å²) in [5.41, 5.74) is 6.15. The van der Waals surface area contributed by atoms with Gasteiger partial charge in [0.15, 0.2) is 0 Å². The number of anilines is 3. The molecule has 3 heterocycles. The van der Waals surface area contributed by atoms with Crippen molar-refractivity contribution >= 4 is 28.2 Å². The van der Waals surface area contributed by atoms with Gasteiger partial charge in [-0.05, 0) is 37.3 Å². The van der Waals surface area contributed by atoms with Crippen molar-refractivity contribution in [3.8, 4) is 22.8 Å². The molecule has 2 aromatic carbocycles. The van der Waals surface area contributed by atoms with E-state index in [1.54, 1.807) is 14.2 Å². The lowest BCUT2D eigenvalue weighted by Gasteiger charge is -2.28. The number of pyridine rings is 1. The molecule has 8 heteroatoms. The lowest BCUT2D eigenvalue weighted by Crippen LogP contribution is -2.43. The fourth-order valence-electron chi connectivity index (χ4n) is 4.15. The van der Waals surface area contributed by atoms with Crippen LogP contribution in [0, 0.1) is 6.92 Å². The predicted octanol–water partition coefficient (Wildman–Crippen LogP) is 4.17. The molecule has 0 amide bonds. The topological polar surface area (TPSA) is 84.4 Å². The Hall–Kier alpha value is -3.91. The van der Waals surface area contributed by atoms with Crippen LogP contribution in [0.25, 0.3) is 22.3 Å². The van der Waals surface area contributed by atoms with Crippen molar-refractivity contribution in [2.24, 2.45) is 0 Å². The zero-order valence-electron chi connectivity index (χ0n) is 19.6. The molecule has 1 aliphatic heterocycles. The molecule has 1 aliphatic rings. The van der Waals surface area contributed by atoms with E-state index in [9.17, 15) is 0 Å². The number of piperazine rings is 1. The van der Waals surface area contributed by atoms with Gasteiger partial charge >= 0.3 is 0 Å². The third kappa shape index (κ3) is 4.58. The summed E-state index contributed by atoms with van der Waals surface area (Å²) in [5.74, 6) is 2.45. The molecule has 1 saturated heterocycles. The quantitative estimate of drug-likeness (QED) is 0.447. The second-order valence-corrected chi connectivity index (χ2v) is 8.22. The Bertz CT molecular complexity index is 1300.